The average molecular weight is 285 g/mol. The summed E-state index contributed by atoms with van der Waals surface area (Å²) in [6, 6.07) is 0.519. The first-order valence-electron chi connectivity index (χ1n) is 8.45. The summed E-state index contributed by atoms with van der Waals surface area (Å²) in [5.74, 6) is 0. The highest BCUT2D eigenvalue weighted by atomic mass is 32.2. The zero-order valence-electron chi connectivity index (χ0n) is 12.5. The summed E-state index contributed by atoms with van der Waals surface area (Å²) < 4.78 is 13.0. The van der Waals surface area contributed by atoms with Crippen molar-refractivity contribution in [2.75, 3.05) is 6.54 Å². The first-order chi connectivity index (χ1) is 9.33. The summed E-state index contributed by atoms with van der Waals surface area (Å²) in [5.41, 5.74) is 0. The maximum absolute atomic E-state index is 13.0. The van der Waals surface area contributed by atoms with Gasteiger partial charge < -0.3 is 5.32 Å². The third-order valence-electron chi connectivity index (χ3n) is 4.79. The van der Waals surface area contributed by atoms with Gasteiger partial charge in [-0.2, -0.15) is 0 Å². The van der Waals surface area contributed by atoms with E-state index in [0.29, 0.717) is 16.5 Å². The van der Waals surface area contributed by atoms with Gasteiger partial charge >= 0.3 is 0 Å². The Kier molecular flexibility index (Phi) is 6.86. The van der Waals surface area contributed by atoms with E-state index in [1.807, 2.05) is 0 Å². The fraction of sp³-hybridized carbons (Fsp3) is 1.00. The van der Waals surface area contributed by atoms with Gasteiger partial charge in [0.15, 0.2) is 0 Å². The summed E-state index contributed by atoms with van der Waals surface area (Å²) in [4.78, 5) is 0. The van der Waals surface area contributed by atoms with Crippen molar-refractivity contribution < 1.29 is 4.21 Å². The van der Waals surface area contributed by atoms with Crippen LogP contribution >= 0.6 is 0 Å². The molecule has 2 aliphatic rings. The molecule has 0 spiro atoms. The molecule has 1 N–H and O–H groups in total. The van der Waals surface area contributed by atoms with Crippen LogP contribution in [-0.4, -0.2) is 27.3 Å². The van der Waals surface area contributed by atoms with Crippen molar-refractivity contribution in [3.63, 3.8) is 0 Å². The summed E-state index contributed by atoms with van der Waals surface area (Å²) in [6.07, 6.45) is 13.9. The van der Waals surface area contributed by atoms with Crippen LogP contribution in [0, 0.1) is 0 Å². The van der Waals surface area contributed by atoms with E-state index in [-0.39, 0.29) is 0 Å². The zero-order chi connectivity index (χ0) is 13.5. The topological polar surface area (TPSA) is 29.1 Å². The smallest absolute Gasteiger partial charge is 0.0504 e. The van der Waals surface area contributed by atoms with Crippen LogP contribution in [-0.2, 0) is 10.8 Å². The van der Waals surface area contributed by atoms with Crippen LogP contribution in [0.3, 0.4) is 0 Å². The highest BCUT2D eigenvalue weighted by molar-refractivity contribution is 7.86. The minimum atomic E-state index is -0.600. The standard InChI is InChI=1S/C16H31NOS/c1-2-13-17-15-11-7-4-8-12-16(15)19(18)14-9-5-3-6-10-14/h14-17H,2-13H2,1H3. The highest BCUT2D eigenvalue weighted by Crippen LogP contribution is 2.29. The SMILES string of the molecule is CCCNC1CCCCCC1S(=O)C1CCCCC1. The van der Waals surface area contributed by atoms with Crippen molar-refractivity contribution in [1.82, 2.24) is 5.32 Å². The number of hydrogen-bond donors (Lipinski definition) is 1. The van der Waals surface area contributed by atoms with Gasteiger partial charge in [-0.15, -0.1) is 0 Å². The molecule has 2 nitrogen and oxygen atoms in total. The number of nitrogens with one attached hydrogen (secondary N) is 1. The second-order valence-corrected chi connectivity index (χ2v) is 8.25. The van der Waals surface area contributed by atoms with Crippen molar-refractivity contribution >= 4 is 10.8 Å². The molecule has 0 aromatic heterocycles. The predicted octanol–water partition coefficient (Wildman–Crippen LogP) is 3.77. The molecule has 3 heteroatoms. The lowest BCUT2D eigenvalue weighted by atomic mass is 10.0. The van der Waals surface area contributed by atoms with Gasteiger partial charge in [0.2, 0.25) is 0 Å². The Morgan fingerprint density at radius 2 is 1.58 bits per heavy atom. The molecule has 2 rings (SSSR count). The molecular formula is C16H31NOS. The van der Waals surface area contributed by atoms with Crippen LogP contribution in [0.25, 0.3) is 0 Å². The molecular weight excluding hydrogens is 254 g/mol. The molecule has 0 aliphatic heterocycles. The molecule has 19 heavy (non-hydrogen) atoms. The summed E-state index contributed by atoms with van der Waals surface area (Å²) >= 11 is 0. The molecule has 2 aliphatic carbocycles. The molecule has 0 aromatic rings. The predicted molar refractivity (Wildman–Crippen MR) is 84.0 cm³/mol. The Bertz CT molecular complexity index is 276. The first kappa shape index (κ1) is 15.5. The van der Waals surface area contributed by atoms with Crippen molar-refractivity contribution in [3.8, 4) is 0 Å². The molecule has 112 valence electrons. The van der Waals surface area contributed by atoms with E-state index >= 15 is 0 Å². The highest BCUT2D eigenvalue weighted by Gasteiger charge is 2.32. The van der Waals surface area contributed by atoms with Crippen LogP contribution in [0.15, 0.2) is 0 Å². The average Bonchev–Trinajstić information content (AvgIpc) is 2.70. The van der Waals surface area contributed by atoms with Crippen LogP contribution in [0.1, 0.15) is 77.6 Å². The van der Waals surface area contributed by atoms with E-state index in [0.717, 1.165) is 6.54 Å². The molecule has 0 bridgehead atoms. The van der Waals surface area contributed by atoms with Crippen LogP contribution < -0.4 is 5.32 Å². The van der Waals surface area contributed by atoms with Crippen molar-refractivity contribution in [1.29, 1.82) is 0 Å². The summed E-state index contributed by atoms with van der Waals surface area (Å²) in [5, 5.41) is 4.62. The quantitative estimate of drug-likeness (QED) is 0.779. The molecule has 0 amide bonds. The Hall–Kier alpha value is 0.110. The van der Waals surface area contributed by atoms with Gasteiger partial charge in [0.25, 0.3) is 0 Å². The maximum atomic E-state index is 13.0. The molecule has 0 heterocycles. The van der Waals surface area contributed by atoms with Gasteiger partial charge in [0.05, 0.1) is 5.25 Å². The largest absolute Gasteiger partial charge is 0.313 e. The Labute approximate surface area is 121 Å². The Morgan fingerprint density at radius 3 is 2.26 bits per heavy atom. The van der Waals surface area contributed by atoms with Gasteiger partial charge in [0.1, 0.15) is 0 Å². The van der Waals surface area contributed by atoms with E-state index < -0.39 is 10.8 Å². The monoisotopic (exact) mass is 285 g/mol. The van der Waals surface area contributed by atoms with Crippen molar-refractivity contribution in [3.05, 3.63) is 0 Å². The normalized spacial score (nSPS) is 31.8. The summed E-state index contributed by atoms with van der Waals surface area (Å²) in [6.45, 7) is 3.31. The fourth-order valence-corrected chi connectivity index (χ4v) is 5.91. The van der Waals surface area contributed by atoms with Gasteiger partial charge in [-0.25, -0.2) is 0 Å². The second-order valence-electron chi connectivity index (χ2n) is 6.33. The zero-order valence-corrected chi connectivity index (χ0v) is 13.4. The van der Waals surface area contributed by atoms with Crippen LogP contribution in [0.5, 0.6) is 0 Å². The van der Waals surface area contributed by atoms with Crippen molar-refractivity contribution in [2.24, 2.45) is 0 Å². The minimum Gasteiger partial charge on any atom is -0.313 e. The number of hydrogen-bond acceptors (Lipinski definition) is 2. The van der Waals surface area contributed by atoms with Gasteiger partial charge in [-0.05, 0) is 38.6 Å². The molecule has 0 saturated heterocycles. The maximum Gasteiger partial charge on any atom is 0.0504 e. The molecule has 0 aromatic carbocycles. The van der Waals surface area contributed by atoms with E-state index in [1.165, 1.54) is 70.6 Å². The molecule has 2 saturated carbocycles. The lowest BCUT2D eigenvalue weighted by molar-refractivity contribution is 0.451. The van der Waals surface area contributed by atoms with Gasteiger partial charge in [-0.3, -0.25) is 4.21 Å². The van der Waals surface area contributed by atoms with Crippen molar-refractivity contribution in [2.45, 2.75) is 94.1 Å². The van der Waals surface area contributed by atoms with Gasteiger partial charge in [0, 0.05) is 22.1 Å². The third kappa shape index (κ3) is 4.56. The van der Waals surface area contributed by atoms with E-state index in [4.69, 9.17) is 0 Å². The van der Waals surface area contributed by atoms with E-state index in [1.54, 1.807) is 0 Å². The number of rotatable bonds is 5. The summed E-state index contributed by atoms with van der Waals surface area (Å²) in [7, 11) is -0.600. The second kappa shape index (κ2) is 8.41. The minimum absolute atomic E-state index is 0.428. The lowest BCUT2D eigenvalue weighted by Crippen LogP contribution is -2.44. The molecule has 2 fully saturated rings. The van der Waals surface area contributed by atoms with Crippen LogP contribution in [0.4, 0.5) is 0 Å². The first-order valence-corrected chi connectivity index (χ1v) is 9.73. The molecule has 3 unspecified atom stereocenters. The van der Waals surface area contributed by atoms with Crippen LogP contribution in [0.2, 0.25) is 0 Å². The third-order valence-corrected chi connectivity index (χ3v) is 7.08. The molecule has 3 atom stereocenters. The fourth-order valence-electron chi connectivity index (χ4n) is 3.66. The van der Waals surface area contributed by atoms with E-state index in [9.17, 15) is 4.21 Å². The Balaban J connectivity index is 1.96. The Morgan fingerprint density at radius 1 is 0.947 bits per heavy atom. The molecule has 0 radical (unpaired) electrons. The van der Waals surface area contributed by atoms with Gasteiger partial charge in [-0.1, -0.05) is 45.4 Å². The van der Waals surface area contributed by atoms with E-state index in [2.05, 4.69) is 12.2 Å². The lowest BCUT2D eigenvalue weighted by Gasteiger charge is -2.31.